The highest BCUT2D eigenvalue weighted by atomic mass is 35.5. The van der Waals surface area contributed by atoms with E-state index in [0.717, 1.165) is 5.56 Å². The standard InChI is InChI=1S/C16H15Cl2N5O3S/c1-4-27(25,26)22-16(24)14-9(3)23-15(20-19-14)13(8(2)21-23)10-5-6-11(17)12(18)7-10/h5-7H,4H2,1-3H3,(H,22,24). The van der Waals surface area contributed by atoms with Crippen molar-refractivity contribution in [2.75, 3.05) is 5.75 Å². The number of rotatable bonds is 4. The maximum Gasteiger partial charge on any atom is 0.287 e. The molecular formula is C16H15Cl2N5O3S. The fourth-order valence-corrected chi connectivity index (χ4v) is 3.39. The number of aromatic nitrogens is 4. The molecule has 2 aromatic heterocycles. The molecule has 3 aromatic rings. The Kier molecular flexibility index (Phi) is 5.11. The van der Waals surface area contributed by atoms with Crippen molar-refractivity contribution in [1.82, 2.24) is 24.5 Å². The summed E-state index contributed by atoms with van der Waals surface area (Å²) in [7, 11) is -3.72. The van der Waals surface area contributed by atoms with Gasteiger partial charge < -0.3 is 0 Å². The van der Waals surface area contributed by atoms with Crippen molar-refractivity contribution in [1.29, 1.82) is 0 Å². The minimum Gasteiger partial charge on any atom is -0.266 e. The predicted octanol–water partition coefficient (Wildman–Crippen LogP) is 2.79. The molecule has 0 saturated heterocycles. The van der Waals surface area contributed by atoms with Crippen LogP contribution in [0.2, 0.25) is 10.0 Å². The van der Waals surface area contributed by atoms with Crippen LogP contribution in [0.25, 0.3) is 16.8 Å². The van der Waals surface area contributed by atoms with Crippen LogP contribution >= 0.6 is 23.2 Å². The molecule has 1 N–H and O–H groups in total. The molecule has 1 aromatic carbocycles. The van der Waals surface area contributed by atoms with Crippen LogP contribution in [0.3, 0.4) is 0 Å². The van der Waals surface area contributed by atoms with Crippen LogP contribution in [0.1, 0.15) is 28.8 Å². The van der Waals surface area contributed by atoms with Crippen molar-refractivity contribution in [3.8, 4) is 11.1 Å². The smallest absolute Gasteiger partial charge is 0.266 e. The molecule has 0 spiro atoms. The number of carbonyl (C=O) groups is 1. The summed E-state index contributed by atoms with van der Waals surface area (Å²) in [6.45, 7) is 4.82. The van der Waals surface area contributed by atoms with Crippen LogP contribution in [0, 0.1) is 13.8 Å². The number of nitrogens with zero attached hydrogens (tertiary/aromatic N) is 4. The molecule has 0 unspecified atom stereocenters. The maximum atomic E-state index is 12.3. The number of benzene rings is 1. The lowest BCUT2D eigenvalue weighted by Gasteiger charge is -2.07. The summed E-state index contributed by atoms with van der Waals surface area (Å²) < 4.78 is 26.7. The van der Waals surface area contributed by atoms with E-state index in [1.54, 1.807) is 32.0 Å². The van der Waals surface area contributed by atoms with Crippen LogP contribution < -0.4 is 4.72 Å². The van der Waals surface area contributed by atoms with Gasteiger partial charge in [-0.15, -0.1) is 10.2 Å². The lowest BCUT2D eigenvalue weighted by atomic mass is 10.1. The van der Waals surface area contributed by atoms with Crippen molar-refractivity contribution in [2.24, 2.45) is 0 Å². The summed E-state index contributed by atoms with van der Waals surface area (Å²) in [5.74, 6) is -1.08. The van der Waals surface area contributed by atoms with Gasteiger partial charge in [0.15, 0.2) is 11.3 Å². The first-order valence-electron chi connectivity index (χ1n) is 7.87. The number of carbonyl (C=O) groups excluding carboxylic acids is 1. The molecule has 11 heteroatoms. The van der Waals surface area contributed by atoms with Gasteiger partial charge in [0.2, 0.25) is 10.0 Å². The molecule has 142 valence electrons. The number of halogens is 2. The van der Waals surface area contributed by atoms with Gasteiger partial charge in [0.05, 0.1) is 32.7 Å². The Labute approximate surface area is 165 Å². The van der Waals surface area contributed by atoms with E-state index in [4.69, 9.17) is 23.2 Å². The quantitative estimate of drug-likeness (QED) is 0.685. The normalized spacial score (nSPS) is 11.7. The third kappa shape index (κ3) is 3.62. The zero-order chi connectivity index (χ0) is 19.9. The molecule has 0 aliphatic carbocycles. The molecule has 0 radical (unpaired) electrons. The summed E-state index contributed by atoms with van der Waals surface area (Å²) in [6.07, 6.45) is 0. The zero-order valence-electron chi connectivity index (χ0n) is 14.6. The van der Waals surface area contributed by atoms with Gasteiger partial charge in [0, 0.05) is 0 Å². The van der Waals surface area contributed by atoms with Crippen molar-refractivity contribution in [2.45, 2.75) is 20.8 Å². The molecule has 8 nitrogen and oxygen atoms in total. The molecule has 0 aliphatic rings. The zero-order valence-corrected chi connectivity index (χ0v) is 16.9. The first-order chi connectivity index (χ1) is 12.6. The van der Waals surface area contributed by atoms with Crippen molar-refractivity contribution in [3.63, 3.8) is 0 Å². The number of nitrogens with one attached hydrogen (secondary N) is 1. The van der Waals surface area contributed by atoms with Crippen LogP contribution in [0.15, 0.2) is 18.2 Å². The maximum absolute atomic E-state index is 12.3. The third-order valence-electron chi connectivity index (χ3n) is 3.99. The summed E-state index contributed by atoms with van der Waals surface area (Å²) in [5, 5.41) is 13.2. The van der Waals surface area contributed by atoms with Crippen molar-refractivity contribution < 1.29 is 13.2 Å². The Hall–Kier alpha value is -2.23. The third-order valence-corrected chi connectivity index (χ3v) is 5.99. The molecule has 3 rings (SSSR count). The Morgan fingerprint density at radius 3 is 2.52 bits per heavy atom. The molecule has 1 amide bonds. The Balaban J connectivity index is 2.14. The molecular weight excluding hydrogens is 413 g/mol. The molecule has 0 fully saturated rings. The van der Waals surface area contributed by atoms with Gasteiger partial charge in [-0.05, 0) is 38.5 Å². The first kappa shape index (κ1) is 19.5. The van der Waals surface area contributed by atoms with Gasteiger partial charge in [-0.25, -0.2) is 17.7 Å². The number of hydrogen-bond donors (Lipinski definition) is 1. The van der Waals surface area contributed by atoms with E-state index in [2.05, 4.69) is 15.3 Å². The largest absolute Gasteiger partial charge is 0.287 e. The summed E-state index contributed by atoms with van der Waals surface area (Å²) in [4.78, 5) is 12.3. The van der Waals surface area contributed by atoms with Crippen LogP contribution in [0.5, 0.6) is 0 Å². The first-order valence-corrected chi connectivity index (χ1v) is 10.3. The highest BCUT2D eigenvalue weighted by Crippen LogP contribution is 2.32. The van der Waals surface area contributed by atoms with Crippen molar-refractivity contribution in [3.05, 3.63) is 45.3 Å². The number of amides is 1. The van der Waals surface area contributed by atoms with Gasteiger partial charge in [-0.2, -0.15) is 5.10 Å². The topological polar surface area (TPSA) is 106 Å². The molecule has 27 heavy (non-hydrogen) atoms. The van der Waals surface area contributed by atoms with Crippen LogP contribution in [0.4, 0.5) is 0 Å². The highest BCUT2D eigenvalue weighted by molar-refractivity contribution is 7.90. The second kappa shape index (κ2) is 7.06. The minimum absolute atomic E-state index is 0.122. The van der Waals surface area contributed by atoms with E-state index < -0.39 is 15.9 Å². The van der Waals surface area contributed by atoms with Crippen LogP contribution in [-0.2, 0) is 10.0 Å². The molecule has 0 aliphatic heterocycles. The predicted molar refractivity (Wildman–Crippen MR) is 103 cm³/mol. The molecule has 2 heterocycles. The Morgan fingerprint density at radius 1 is 1.19 bits per heavy atom. The van der Waals surface area contributed by atoms with E-state index in [9.17, 15) is 13.2 Å². The van der Waals surface area contributed by atoms with Gasteiger partial charge in [0.1, 0.15) is 0 Å². The van der Waals surface area contributed by atoms with E-state index in [-0.39, 0.29) is 11.4 Å². The monoisotopic (exact) mass is 427 g/mol. The van der Waals surface area contributed by atoms with E-state index in [0.29, 0.717) is 32.6 Å². The van der Waals surface area contributed by atoms with E-state index in [1.807, 2.05) is 4.72 Å². The molecule has 0 saturated carbocycles. The highest BCUT2D eigenvalue weighted by Gasteiger charge is 2.22. The Morgan fingerprint density at radius 2 is 1.89 bits per heavy atom. The minimum atomic E-state index is -3.72. The van der Waals surface area contributed by atoms with Gasteiger partial charge in [0.25, 0.3) is 5.91 Å². The van der Waals surface area contributed by atoms with E-state index >= 15 is 0 Å². The Bertz CT molecular complexity index is 1170. The molecule has 0 bridgehead atoms. The SMILES string of the molecule is CCS(=O)(=O)NC(=O)c1nnc2c(-c3ccc(Cl)c(Cl)c3)c(C)nn2c1C. The van der Waals surface area contributed by atoms with Crippen LogP contribution in [-0.4, -0.2) is 39.9 Å². The summed E-state index contributed by atoms with van der Waals surface area (Å²) in [5.41, 5.74) is 2.73. The fourth-order valence-electron chi connectivity index (χ4n) is 2.57. The lowest BCUT2D eigenvalue weighted by Crippen LogP contribution is -2.33. The average Bonchev–Trinajstić information content (AvgIpc) is 2.94. The number of fused-ring (bicyclic) bond motifs is 1. The fraction of sp³-hybridized carbons (Fsp3) is 0.250. The second-order valence-electron chi connectivity index (χ2n) is 5.79. The summed E-state index contributed by atoms with van der Waals surface area (Å²) >= 11 is 12.1. The number of sulfonamides is 1. The van der Waals surface area contributed by atoms with E-state index in [1.165, 1.54) is 11.4 Å². The molecule has 0 atom stereocenters. The van der Waals surface area contributed by atoms with Gasteiger partial charge in [-0.1, -0.05) is 29.3 Å². The summed E-state index contributed by atoms with van der Waals surface area (Å²) in [6, 6.07) is 5.14. The average molecular weight is 428 g/mol. The van der Waals surface area contributed by atoms with Crippen molar-refractivity contribution >= 4 is 44.8 Å². The lowest BCUT2D eigenvalue weighted by molar-refractivity contribution is 0.0974. The number of hydrogen-bond acceptors (Lipinski definition) is 6. The number of aryl methyl sites for hydroxylation is 2. The van der Waals surface area contributed by atoms with Gasteiger partial charge in [-0.3, -0.25) is 4.79 Å². The van der Waals surface area contributed by atoms with Gasteiger partial charge >= 0.3 is 0 Å². The second-order valence-corrected chi connectivity index (χ2v) is 8.62.